The highest BCUT2D eigenvalue weighted by Gasteiger charge is 2.28. The largest absolute Gasteiger partial charge is 0.368 e. The van der Waals surface area contributed by atoms with Gasteiger partial charge in [0.05, 0.1) is 10.9 Å². The van der Waals surface area contributed by atoms with Crippen molar-refractivity contribution < 1.29 is 13.2 Å². The van der Waals surface area contributed by atoms with Gasteiger partial charge in [0.15, 0.2) is 0 Å². The maximum Gasteiger partial charge on any atom is 0.241 e. The van der Waals surface area contributed by atoms with Crippen molar-refractivity contribution in [1.29, 1.82) is 0 Å². The molecule has 0 spiro atoms. The van der Waals surface area contributed by atoms with Crippen molar-refractivity contribution in [2.24, 2.45) is 0 Å². The molecule has 1 aliphatic heterocycles. The summed E-state index contributed by atoms with van der Waals surface area (Å²) in [6, 6.07) is 13.0. The highest BCUT2D eigenvalue weighted by Crippen LogP contribution is 2.21. The molecule has 1 atom stereocenters. The van der Waals surface area contributed by atoms with Gasteiger partial charge in [0, 0.05) is 41.4 Å². The fraction of sp³-hybridized carbons (Fsp3) is 0.316. The van der Waals surface area contributed by atoms with Gasteiger partial charge in [0.25, 0.3) is 0 Å². The minimum absolute atomic E-state index is 0.126. The molecule has 1 saturated heterocycles. The van der Waals surface area contributed by atoms with Crippen molar-refractivity contribution in [3.8, 4) is 0 Å². The van der Waals surface area contributed by atoms with E-state index in [9.17, 15) is 13.2 Å². The van der Waals surface area contributed by atoms with E-state index in [-0.39, 0.29) is 10.8 Å². The van der Waals surface area contributed by atoms with Crippen LogP contribution in [-0.4, -0.2) is 51.4 Å². The molecule has 1 heterocycles. The minimum Gasteiger partial charge on any atom is -0.368 e. The Labute approximate surface area is 178 Å². The lowest BCUT2D eigenvalue weighted by Crippen LogP contribution is -2.54. The lowest BCUT2D eigenvalue weighted by molar-refractivity contribution is -0.132. The molecule has 0 saturated carbocycles. The number of piperazine rings is 1. The van der Waals surface area contributed by atoms with Crippen LogP contribution < -0.4 is 9.62 Å². The Morgan fingerprint density at radius 1 is 1.11 bits per heavy atom. The molecular formula is C19H21BrClN3O3S. The number of benzene rings is 2. The van der Waals surface area contributed by atoms with E-state index in [1.54, 1.807) is 24.0 Å². The summed E-state index contributed by atoms with van der Waals surface area (Å²) >= 11 is 9.32. The van der Waals surface area contributed by atoms with Crippen molar-refractivity contribution in [3.05, 3.63) is 58.0 Å². The lowest BCUT2D eigenvalue weighted by Gasteiger charge is -2.37. The third kappa shape index (κ3) is 5.05. The minimum atomic E-state index is -3.76. The van der Waals surface area contributed by atoms with Gasteiger partial charge in [-0.15, -0.1) is 0 Å². The fourth-order valence-electron chi connectivity index (χ4n) is 3.10. The van der Waals surface area contributed by atoms with E-state index in [1.165, 1.54) is 12.1 Å². The number of sulfonamides is 1. The Morgan fingerprint density at radius 2 is 1.75 bits per heavy atom. The highest BCUT2D eigenvalue weighted by molar-refractivity contribution is 9.10. The van der Waals surface area contributed by atoms with Gasteiger partial charge < -0.3 is 9.80 Å². The van der Waals surface area contributed by atoms with Crippen molar-refractivity contribution in [2.75, 3.05) is 31.1 Å². The first-order chi connectivity index (χ1) is 13.3. The number of rotatable bonds is 5. The number of carbonyl (C=O) groups is 1. The quantitative estimate of drug-likeness (QED) is 0.705. The summed E-state index contributed by atoms with van der Waals surface area (Å²) in [5, 5.41) is 0.673. The second-order valence-electron chi connectivity index (χ2n) is 6.59. The molecule has 150 valence electrons. The zero-order valence-corrected chi connectivity index (χ0v) is 18.5. The number of halogens is 2. The Hall–Kier alpha value is -1.61. The second-order valence-corrected chi connectivity index (χ2v) is 9.66. The first kappa shape index (κ1) is 21.1. The van der Waals surface area contributed by atoms with Crippen molar-refractivity contribution >= 4 is 49.1 Å². The van der Waals surface area contributed by atoms with Crippen molar-refractivity contribution in [1.82, 2.24) is 9.62 Å². The van der Waals surface area contributed by atoms with Crippen LogP contribution in [0, 0.1) is 0 Å². The SMILES string of the molecule is CC(NS(=O)(=O)c1ccc(Br)cc1)C(=O)N1CCN(c2cccc(Cl)c2)CC1. The predicted molar refractivity (Wildman–Crippen MR) is 114 cm³/mol. The van der Waals surface area contributed by atoms with Crippen molar-refractivity contribution in [3.63, 3.8) is 0 Å². The topological polar surface area (TPSA) is 69.7 Å². The molecule has 3 rings (SSSR count). The van der Waals surface area contributed by atoms with E-state index < -0.39 is 16.1 Å². The molecule has 1 fully saturated rings. The lowest BCUT2D eigenvalue weighted by atomic mass is 10.2. The van der Waals surface area contributed by atoms with Crippen LogP contribution in [0.15, 0.2) is 57.9 Å². The maximum atomic E-state index is 12.7. The van der Waals surface area contributed by atoms with Crippen LogP contribution in [0.3, 0.4) is 0 Å². The fourth-order valence-corrected chi connectivity index (χ4v) is 4.74. The molecule has 0 radical (unpaired) electrons. The van der Waals surface area contributed by atoms with Crippen LogP contribution in [0.5, 0.6) is 0 Å². The van der Waals surface area contributed by atoms with Gasteiger partial charge >= 0.3 is 0 Å². The molecule has 1 N–H and O–H groups in total. The number of nitrogens with one attached hydrogen (secondary N) is 1. The molecule has 9 heteroatoms. The number of nitrogens with zero attached hydrogens (tertiary/aromatic N) is 2. The summed E-state index contributed by atoms with van der Waals surface area (Å²) in [4.78, 5) is 16.7. The van der Waals surface area contributed by atoms with E-state index in [2.05, 4.69) is 25.6 Å². The predicted octanol–water partition coefficient (Wildman–Crippen LogP) is 3.12. The van der Waals surface area contributed by atoms with Gasteiger partial charge in [-0.1, -0.05) is 33.6 Å². The average molecular weight is 487 g/mol. The van der Waals surface area contributed by atoms with Gasteiger partial charge in [-0.3, -0.25) is 4.79 Å². The Balaban J connectivity index is 1.59. The number of hydrogen-bond acceptors (Lipinski definition) is 4. The molecule has 6 nitrogen and oxygen atoms in total. The van der Waals surface area contributed by atoms with Crippen LogP contribution >= 0.6 is 27.5 Å². The molecule has 28 heavy (non-hydrogen) atoms. The van der Waals surface area contributed by atoms with E-state index in [4.69, 9.17) is 11.6 Å². The smallest absolute Gasteiger partial charge is 0.241 e. The molecular weight excluding hydrogens is 466 g/mol. The number of anilines is 1. The Kier molecular flexibility index (Phi) is 6.65. The van der Waals surface area contributed by atoms with E-state index in [1.807, 2.05) is 24.3 Å². The molecule has 0 aromatic heterocycles. The van der Waals surface area contributed by atoms with Gasteiger partial charge in [-0.2, -0.15) is 4.72 Å². The van der Waals surface area contributed by atoms with Gasteiger partial charge in [0.1, 0.15) is 0 Å². The van der Waals surface area contributed by atoms with E-state index in [0.717, 1.165) is 10.2 Å². The van der Waals surface area contributed by atoms with Gasteiger partial charge in [0.2, 0.25) is 15.9 Å². The van der Waals surface area contributed by atoms with E-state index in [0.29, 0.717) is 31.2 Å². The van der Waals surface area contributed by atoms with Gasteiger partial charge in [-0.25, -0.2) is 8.42 Å². The number of hydrogen-bond donors (Lipinski definition) is 1. The van der Waals surface area contributed by atoms with Crippen LogP contribution in [0.25, 0.3) is 0 Å². The summed E-state index contributed by atoms with van der Waals surface area (Å²) in [6.07, 6.45) is 0. The van der Waals surface area contributed by atoms with Crippen LogP contribution in [-0.2, 0) is 14.8 Å². The molecule has 2 aromatic rings. The molecule has 0 bridgehead atoms. The number of amides is 1. The normalized spacial score (nSPS) is 16.1. The second kappa shape index (κ2) is 8.82. The standard InChI is InChI=1S/C19H21BrClN3O3S/c1-14(22-28(26,27)18-7-5-15(20)6-8-18)19(25)24-11-9-23(10-12-24)17-4-2-3-16(21)13-17/h2-8,13-14,22H,9-12H2,1H3. The average Bonchev–Trinajstić information content (AvgIpc) is 2.67. The van der Waals surface area contributed by atoms with E-state index >= 15 is 0 Å². The molecule has 1 amide bonds. The Morgan fingerprint density at radius 3 is 2.36 bits per heavy atom. The third-order valence-electron chi connectivity index (χ3n) is 4.59. The third-order valence-corrected chi connectivity index (χ3v) is 6.91. The molecule has 1 unspecified atom stereocenters. The summed E-state index contributed by atoms with van der Waals surface area (Å²) < 4.78 is 28.2. The summed E-state index contributed by atoms with van der Waals surface area (Å²) in [6.45, 7) is 3.95. The van der Waals surface area contributed by atoms with Gasteiger partial charge in [-0.05, 0) is 49.4 Å². The first-order valence-corrected chi connectivity index (χ1v) is 11.5. The maximum absolute atomic E-state index is 12.7. The van der Waals surface area contributed by atoms with Crippen LogP contribution in [0.1, 0.15) is 6.92 Å². The van der Waals surface area contributed by atoms with Crippen molar-refractivity contribution in [2.45, 2.75) is 17.9 Å². The first-order valence-electron chi connectivity index (χ1n) is 8.83. The monoisotopic (exact) mass is 485 g/mol. The highest BCUT2D eigenvalue weighted by atomic mass is 79.9. The summed E-state index contributed by atoms with van der Waals surface area (Å²) in [5.41, 5.74) is 1.02. The van der Waals surface area contributed by atoms with Crippen LogP contribution in [0.2, 0.25) is 5.02 Å². The molecule has 0 aliphatic carbocycles. The number of carbonyl (C=O) groups excluding carboxylic acids is 1. The summed E-state index contributed by atoms with van der Waals surface area (Å²) in [7, 11) is -3.76. The molecule has 1 aliphatic rings. The Bertz CT molecular complexity index is 945. The molecule has 2 aromatic carbocycles. The summed E-state index contributed by atoms with van der Waals surface area (Å²) in [5.74, 6) is -0.230. The van der Waals surface area contributed by atoms with Crippen LogP contribution in [0.4, 0.5) is 5.69 Å². The zero-order chi connectivity index (χ0) is 20.3. The zero-order valence-electron chi connectivity index (χ0n) is 15.3.